The van der Waals surface area contributed by atoms with Crippen molar-refractivity contribution in [2.24, 2.45) is 0 Å². The Morgan fingerprint density at radius 3 is 2.55 bits per heavy atom. The molecule has 0 saturated heterocycles. The van der Waals surface area contributed by atoms with Crippen molar-refractivity contribution in [1.82, 2.24) is 9.55 Å². The second-order valence-corrected chi connectivity index (χ2v) is 7.83. The summed E-state index contributed by atoms with van der Waals surface area (Å²) in [5, 5.41) is 0.291. The molecule has 2 aromatic carbocycles. The molecule has 0 unspecified atom stereocenters. The molecule has 0 radical (unpaired) electrons. The number of nitrogens with zero attached hydrogens (tertiary/aromatic N) is 1. The molecular weight excluding hydrogens is 398 g/mol. The fourth-order valence-corrected chi connectivity index (χ4v) is 4.18. The zero-order valence-corrected chi connectivity index (χ0v) is 16.2. The fourth-order valence-electron chi connectivity index (χ4n) is 3.02. The van der Waals surface area contributed by atoms with Crippen molar-refractivity contribution in [3.8, 4) is 0 Å². The van der Waals surface area contributed by atoms with Gasteiger partial charge in [-0.25, -0.2) is 13.6 Å². The molecule has 3 aromatic rings. The van der Waals surface area contributed by atoms with E-state index in [9.17, 15) is 18.4 Å². The molecule has 0 bridgehead atoms. The Balaban J connectivity index is 1.69. The first-order valence-electron chi connectivity index (χ1n) is 9.15. The van der Waals surface area contributed by atoms with Gasteiger partial charge in [0.1, 0.15) is 6.73 Å². The first kappa shape index (κ1) is 19.6. The molecule has 1 heterocycles. The molecule has 29 heavy (non-hydrogen) atoms. The monoisotopic (exact) mass is 416 g/mol. The minimum atomic E-state index is -1.01. The molecule has 150 valence electrons. The molecule has 1 aliphatic rings. The highest BCUT2D eigenvalue weighted by atomic mass is 32.2. The standard InChI is InChI=1S/C21H18F2N2O3S/c22-15-7-4-8-16(18(15)23)29-20-17(14-9-10-14)19(26)24-21(27)25(20)12-28-11-13-5-2-1-3-6-13/h1-8,14H,9-12H2,(H,24,26,27). The lowest BCUT2D eigenvalue weighted by molar-refractivity contribution is 0.0550. The number of H-pyrrole nitrogens is 1. The number of hydrogen-bond donors (Lipinski definition) is 1. The third-order valence-corrected chi connectivity index (χ3v) is 5.79. The lowest BCUT2D eigenvalue weighted by Crippen LogP contribution is -2.34. The Kier molecular flexibility index (Phi) is 5.64. The Morgan fingerprint density at radius 2 is 1.83 bits per heavy atom. The van der Waals surface area contributed by atoms with Crippen molar-refractivity contribution in [3.05, 3.63) is 92.1 Å². The SMILES string of the molecule is O=c1[nH]c(=O)n(COCc2ccccc2)c(Sc2cccc(F)c2F)c1C1CC1. The first-order chi connectivity index (χ1) is 14.0. The summed E-state index contributed by atoms with van der Waals surface area (Å²) < 4.78 is 34.8. The van der Waals surface area contributed by atoms with Gasteiger partial charge in [0.15, 0.2) is 11.6 Å². The second kappa shape index (κ2) is 8.34. The van der Waals surface area contributed by atoms with Crippen LogP contribution in [0.1, 0.15) is 29.9 Å². The summed E-state index contributed by atoms with van der Waals surface area (Å²) in [4.78, 5) is 27.3. The number of rotatable bonds is 7. The molecule has 0 spiro atoms. The van der Waals surface area contributed by atoms with Crippen LogP contribution >= 0.6 is 11.8 Å². The van der Waals surface area contributed by atoms with Crippen LogP contribution in [0.2, 0.25) is 0 Å². The number of ether oxygens (including phenoxy) is 1. The van der Waals surface area contributed by atoms with E-state index in [1.54, 1.807) is 0 Å². The number of aromatic amines is 1. The van der Waals surface area contributed by atoms with E-state index in [4.69, 9.17) is 4.74 Å². The summed E-state index contributed by atoms with van der Waals surface area (Å²) in [6.45, 7) is 0.146. The minimum absolute atomic E-state index is 0.00107. The van der Waals surface area contributed by atoms with Crippen molar-refractivity contribution < 1.29 is 13.5 Å². The van der Waals surface area contributed by atoms with Crippen LogP contribution < -0.4 is 11.2 Å². The highest BCUT2D eigenvalue weighted by Crippen LogP contribution is 2.43. The summed E-state index contributed by atoms with van der Waals surface area (Å²) in [6.07, 6.45) is 1.62. The highest BCUT2D eigenvalue weighted by Gasteiger charge is 2.32. The van der Waals surface area contributed by atoms with Crippen LogP contribution in [0, 0.1) is 11.6 Å². The van der Waals surface area contributed by atoms with Crippen LogP contribution in [0.15, 0.2) is 68.0 Å². The molecule has 1 fully saturated rings. The predicted octanol–water partition coefficient (Wildman–Crippen LogP) is 4.02. The van der Waals surface area contributed by atoms with E-state index in [0.717, 1.165) is 36.2 Å². The van der Waals surface area contributed by atoms with Gasteiger partial charge in [-0.15, -0.1) is 0 Å². The van der Waals surface area contributed by atoms with Crippen LogP contribution in [0.4, 0.5) is 8.78 Å². The largest absolute Gasteiger partial charge is 0.356 e. The van der Waals surface area contributed by atoms with E-state index in [-0.39, 0.29) is 24.2 Å². The van der Waals surface area contributed by atoms with Gasteiger partial charge in [0.05, 0.1) is 22.1 Å². The van der Waals surface area contributed by atoms with Crippen LogP contribution in [0.5, 0.6) is 0 Å². The van der Waals surface area contributed by atoms with Gasteiger partial charge in [0.2, 0.25) is 0 Å². The number of hydrogen-bond acceptors (Lipinski definition) is 4. The maximum Gasteiger partial charge on any atom is 0.331 e. The summed E-state index contributed by atoms with van der Waals surface area (Å²) in [6, 6.07) is 13.3. The van der Waals surface area contributed by atoms with Crippen molar-refractivity contribution in [1.29, 1.82) is 0 Å². The van der Waals surface area contributed by atoms with Gasteiger partial charge in [0, 0.05) is 0 Å². The molecule has 0 amide bonds. The Labute approximate surface area is 169 Å². The lowest BCUT2D eigenvalue weighted by atomic mass is 10.2. The van der Waals surface area contributed by atoms with E-state index in [1.807, 2.05) is 30.3 Å². The quantitative estimate of drug-likeness (QED) is 0.591. The molecule has 1 saturated carbocycles. The van der Waals surface area contributed by atoms with Gasteiger partial charge >= 0.3 is 5.69 Å². The smallest absolute Gasteiger partial charge is 0.331 e. The van der Waals surface area contributed by atoms with Crippen molar-refractivity contribution in [2.45, 2.75) is 42.0 Å². The molecule has 1 aromatic heterocycles. The number of aromatic nitrogens is 2. The average molecular weight is 416 g/mol. The molecule has 0 aliphatic heterocycles. The van der Waals surface area contributed by atoms with Gasteiger partial charge in [0.25, 0.3) is 5.56 Å². The van der Waals surface area contributed by atoms with Gasteiger partial charge in [-0.1, -0.05) is 48.2 Å². The van der Waals surface area contributed by atoms with E-state index in [0.29, 0.717) is 10.6 Å². The Hall–Kier alpha value is -2.71. The molecule has 5 nitrogen and oxygen atoms in total. The van der Waals surface area contributed by atoms with Crippen LogP contribution in [0.25, 0.3) is 0 Å². The van der Waals surface area contributed by atoms with E-state index in [2.05, 4.69) is 4.98 Å². The number of benzene rings is 2. The maximum absolute atomic E-state index is 14.2. The minimum Gasteiger partial charge on any atom is -0.356 e. The van der Waals surface area contributed by atoms with Crippen molar-refractivity contribution in [2.75, 3.05) is 0 Å². The number of nitrogens with one attached hydrogen (secondary N) is 1. The van der Waals surface area contributed by atoms with Gasteiger partial charge < -0.3 is 4.74 Å². The molecule has 4 rings (SSSR count). The topological polar surface area (TPSA) is 64.1 Å². The van der Waals surface area contributed by atoms with E-state index >= 15 is 0 Å². The normalized spacial score (nSPS) is 13.6. The molecule has 1 aliphatic carbocycles. The molecular formula is C21H18F2N2O3S. The molecule has 8 heteroatoms. The van der Waals surface area contributed by atoms with Gasteiger partial charge in [-0.05, 0) is 36.5 Å². The van der Waals surface area contributed by atoms with Crippen LogP contribution in [-0.2, 0) is 18.1 Å². The summed E-state index contributed by atoms with van der Waals surface area (Å²) >= 11 is 0.873. The van der Waals surface area contributed by atoms with Crippen LogP contribution in [-0.4, -0.2) is 9.55 Å². The van der Waals surface area contributed by atoms with E-state index in [1.165, 1.54) is 16.7 Å². The molecule has 0 atom stereocenters. The summed E-state index contributed by atoms with van der Waals surface area (Å²) in [5.41, 5.74) is 0.210. The maximum atomic E-state index is 14.2. The lowest BCUT2D eigenvalue weighted by Gasteiger charge is -2.16. The third-order valence-electron chi connectivity index (χ3n) is 4.63. The third kappa shape index (κ3) is 4.33. The van der Waals surface area contributed by atoms with Gasteiger partial charge in [-0.2, -0.15) is 0 Å². The van der Waals surface area contributed by atoms with E-state index < -0.39 is 22.9 Å². The predicted molar refractivity (Wildman–Crippen MR) is 105 cm³/mol. The summed E-state index contributed by atoms with van der Waals surface area (Å²) in [5.74, 6) is -2.00. The highest BCUT2D eigenvalue weighted by molar-refractivity contribution is 7.99. The Bertz CT molecular complexity index is 1140. The molecule has 1 N–H and O–H groups in total. The average Bonchev–Trinajstić information content (AvgIpc) is 3.53. The van der Waals surface area contributed by atoms with Crippen LogP contribution in [0.3, 0.4) is 0 Å². The first-order valence-corrected chi connectivity index (χ1v) is 9.97. The zero-order chi connectivity index (χ0) is 20.4. The number of halogens is 2. The fraction of sp³-hybridized carbons (Fsp3) is 0.238. The Morgan fingerprint density at radius 1 is 1.07 bits per heavy atom. The van der Waals surface area contributed by atoms with Crippen molar-refractivity contribution in [3.63, 3.8) is 0 Å². The zero-order valence-electron chi connectivity index (χ0n) is 15.4. The second-order valence-electron chi connectivity index (χ2n) is 6.80. The van der Waals surface area contributed by atoms with Gasteiger partial charge in [-0.3, -0.25) is 14.3 Å². The van der Waals surface area contributed by atoms with Crippen molar-refractivity contribution >= 4 is 11.8 Å². The summed E-state index contributed by atoms with van der Waals surface area (Å²) in [7, 11) is 0.